The molecule has 2 aliphatic heterocycles. The van der Waals surface area contributed by atoms with E-state index in [9.17, 15) is 9.59 Å². The highest BCUT2D eigenvalue weighted by Crippen LogP contribution is 2.32. The maximum atomic E-state index is 13.3. The van der Waals surface area contributed by atoms with Gasteiger partial charge in [-0.25, -0.2) is 4.98 Å². The van der Waals surface area contributed by atoms with Crippen molar-refractivity contribution in [2.24, 2.45) is 5.92 Å². The minimum Gasteiger partial charge on any atom is -0.399 e. The second-order valence-electron chi connectivity index (χ2n) is 8.06. The maximum Gasteiger partial charge on any atom is 0.232 e. The van der Waals surface area contributed by atoms with Crippen LogP contribution in [0.1, 0.15) is 17.8 Å². The highest BCUT2D eigenvalue weighted by molar-refractivity contribution is 6.05. The lowest BCUT2D eigenvalue weighted by Gasteiger charge is -2.21. The van der Waals surface area contributed by atoms with Gasteiger partial charge in [-0.05, 0) is 30.3 Å². The number of hydrogen-bond acceptors (Lipinski definition) is 5. The molecule has 4 heterocycles. The van der Waals surface area contributed by atoms with Gasteiger partial charge in [0.15, 0.2) is 0 Å². The summed E-state index contributed by atoms with van der Waals surface area (Å²) in [4.78, 5) is 38.1. The summed E-state index contributed by atoms with van der Waals surface area (Å²) in [5, 5.41) is 0. The quantitative estimate of drug-likeness (QED) is 0.642. The summed E-state index contributed by atoms with van der Waals surface area (Å²) >= 11 is 0. The van der Waals surface area contributed by atoms with E-state index in [1.807, 2.05) is 35.0 Å². The van der Waals surface area contributed by atoms with Gasteiger partial charge in [-0.1, -0.05) is 6.07 Å². The number of aryl methyl sites for hydroxylation is 2. The van der Waals surface area contributed by atoms with Gasteiger partial charge < -0.3 is 20.1 Å². The molecule has 158 valence electrons. The molecule has 1 fully saturated rings. The van der Waals surface area contributed by atoms with Gasteiger partial charge in [0, 0.05) is 68.4 Å². The molecule has 3 aromatic rings. The Hall–Kier alpha value is -3.68. The van der Waals surface area contributed by atoms with E-state index in [1.165, 1.54) is 0 Å². The number of aromatic nitrogens is 3. The number of pyridine rings is 1. The zero-order valence-electron chi connectivity index (χ0n) is 17.1. The number of rotatable bonds is 5. The fraction of sp³-hybridized carbons (Fsp3) is 0.304. The van der Waals surface area contributed by atoms with Gasteiger partial charge >= 0.3 is 0 Å². The van der Waals surface area contributed by atoms with Gasteiger partial charge in [-0.3, -0.25) is 14.6 Å². The molecule has 0 aliphatic carbocycles. The Morgan fingerprint density at radius 3 is 2.94 bits per heavy atom. The molecule has 31 heavy (non-hydrogen) atoms. The van der Waals surface area contributed by atoms with E-state index in [0.29, 0.717) is 18.8 Å². The molecule has 1 unspecified atom stereocenters. The van der Waals surface area contributed by atoms with Crippen LogP contribution in [0.5, 0.6) is 0 Å². The molecule has 0 saturated carbocycles. The minimum absolute atomic E-state index is 0.00790. The first kappa shape index (κ1) is 19.3. The molecule has 1 atom stereocenters. The second-order valence-corrected chi connectivity index (χ2v) is 8.06. The van der Waals surface area contributed by atoms with Crippen molar-refractivity contribution in [1.29, 1.82) is 0 Å². The molecule has 2 N–H and O–H groups in total. The Labute approximate surface area is 180 Å². The Kier molecular flexibility index (Phi) is 4.89. The average molecular weight is 416 g/mol. The van der Waals surface area contributed by atoms with Crippen molar-refractivity contribution in [3.8, 4) is 0 Å². The first-order valence-corrected chi connectivity index (χ1v) is 10.5. The van der Waals surface area contributed by atoms with Crippen LogP contribution in [0, 0.1) is 5.92 Å². The van der Waals surface area contributed by atoms with Gasteiger partial charge in [0.25, 0.3) is 0 Å². The summed E-state index contributed by atoms with van der Waals surface area (Å²) in [6, 6.07) is 11.2. The normalized spacial score (nSPS) is 17.9. The molecule has 5 rings (SSSR count). The molecule has 0 spiro atoms. The van der Waals surface area contributed by atoms with Crippen molar-refractivity contribution in [2.45, 2.75) is 25.8 Å². The number of benzene rings is 1. The number of nitrogens with two attached hydrogens (primary N) is 1. The van der Waals surface area contributed by atoms with Crippen molar-refractivity contribution in [2.75, 3.05) is 28.6 Å². The number of carbonyl (C=O) groups excluding carboxylic acids is 2. The molecule has 0 radical (unpaired) electrons. The summed E-state index contributed by atoms with van der Waals surface area (Å²) in [6.07, 6.45) is 7.26. The highest BCUT2D eigenvalue weighted by Gasteiger charge is 2.39. The lowest BCUT2D eigenvalue weighted by Crippen LogP contribution is -2.36. The molecule has 2 aromatic heterocycles. The fourth-order valence-corrected chi connectivity index (χ4v) is 4.37. The summed E-state index contributed by atoms with van der Waals surface area (Å²) in [5.74, 6) is -0.413. The van der Waals surface area contributed by atoms with Crippen molar-refractivity contribution in [3.05, 3.63) is 66.5 Å². The maximum absolute atomic E-state index is 13.3. The standard InChI is InChI=1S/C23H24N6O2/c24-17-2-1-3-19(13-17)29-14-16(12-22(29)30)23(31)28-10-7-20-21(28)5-4-18(26-20)6-9-27-11-8-25-15-27/h1-5,8,11,13,15-16H,6-7,9-10,12,14,24H2. The van der Waals surface area contributed by atoms with Crippen molar-refractivity contribution >= 4 is 28.9 Å². The van der Waals surface area contributed by atoms with E-state index in [0.717, 1.165) is 42.1 Å². The van der Waals surface area contributed by atoms with Crippen LogP contribution in [0.4, 0.5) is 17.1 Å². The lowest BCUT2D eigenvalue weighted by molar-refractivity contribution is -0.124. The molecule has 2 aliphatic rings. The molecule has 0 bridgehead atoms. The number of nitrogens with zero attached hydrogens (tertiary/aromatic N) is 5. The third-order valence-electron chi connectivity index (χ3n) is 5.98. The van der Waals surface area contributed by atoms with E-state index < -0.39 is 0 Å². The van der Waals surface area contributed by atoms with Crippen molar-refractivity contribution < 1.29 is 9.59 Å². The molecule has 8 nitrogen and oxygen atoms in total. The van der Waals surface area contributed by atoms with Crippen LogP contribution in [0.25, 0.3) is 0 Å². The van der Waals surface area contributed by atoms with E-state index in [-0.39, 0.29) is 24.2 Å². The molecule has 1 aromatic carbocycles. The summed E-state index contributed by atoms with van der Waals surface area (Å²) < 4.78 is 2.02. The Morgan fingerprint density at radius 1 is 1.23 bits per heavy atom. The predicted octanol–water partition coefficient (Wildman–Crippen LogP) is 2.05. The molecular weight excluding hydrogens is 392 g/mol. The van der Waals surface area contributed by atoms with Crippen LogP contribution in [-0.4, -0.2) is 39.4 Å². The summed E-state index contributed by atoms with van der Waals surface area (Å²) in [6.45, 7) is 1.80. The first-order chi connectivity index (χ1) is 15.1. The number of anilines is 3. The van der Waals surface area contributed by atoms with Crippen LogP contribution >= 0.6 is 0 Å². The van der Waals surface area contributed by atoms with Crippen LogP contribution in [0.15, 0.2) is 55.1 Å². The molecular formula is C23H24N6O2. The molecule has 2 amide bonds. The van der Waals surface area contributed by atoms with Crippen LogP contribution in [0.2, 0.25) is 0 Å². The van der Waals surface area contributed by atoms with Gasteiger partial charge in [-0.2, -0.15) is 0 Å². The second kappa shape index (κ2) is 7.86. The number of imidazole rings is 1. The fourth-order valence-electron chi connectivity index (χ4n) is 4.37. The molecule has 1 saturated heterocycles. The largest absolute Gasteiger partial charge is 0.399 e. The van der Waals surface area contributed by atoms with E-state index in [2.05, 4.69) is 4.98 Å². The summed E-state index contributed by atoms with van der Waals surface area (Å²) in [7, 11) is 0. The topological polar surface area (TPSA) is 97.3 Å². The summed E-state index contributed by atoms with van der Waals surface area (Å²) in [5.41, 5.74) is 10.0. The minimum atomic E-state index is -0.360. The predicted molar refractivity (Wildman–Crippen MR) is 118 cm³/mol. The van der Waals surface area contributed by atoms with Gasteiger partial charge in [0.2, 0.25) is 11.8 Å². The van der Waals surface area contributed by atoms with Gasteiger partial charge in [0.1, 0.15) is 0 Å². The lowest BCUT2D eigenvalue weighted by atomic mass is 10.1. The highest BCUT2D eigenvalue weighted by atomic mass is 16.2. The zero-order valence-corrected chi connectivity index (χ0v) is 17.1. The van der Waals surface area contributed by atoms with Gasteiger partial charge in [0.05, 0.1) is 23.6 Å². The van der Waals surface area contributed by atoms with E-state index >= 15 is 0 Å². The number of carbonyl (C=O) groups is 2. The monoisotopic (exact) mass is 416 g/mol. The number of fused-ring (bicyclic) bond motifs is 1. The number of hydrogen-bond donors (Lipinski definition) is 1. The zero-order chi connectivity index (χ0) is 21.4. The van der Waals surface area contributed by atoms with Crippen molar-refractivity contribution in [1.82, 2.24) is 14.5 Å². The molecule has 8 heteroatoms. The number of nitrogen functional groups attached to an aromatic ring is 1. The Morgan fingerprint density at radius 2 is 2.13 bits per heavy atom. The van der Waals surface area contributed by atoms with Crippen molar-refractivity contribution in [3.63, 3.8) is 0 Å². The third-order valence-corrected chi connectivity index (χ3v) is 5.98. The number of amides is 2. The Balaban J connectivity index is 1.28. The Bertz CT molecular complexity index is 1130. The van der Waals surface area contributed by atoms with Crippen LogP contribution in [0.3, 0.4) is 0 Å². The van der Waals surface area contributed by atoms with Gasteiger partial charge in [-0.15, -0.1) is 0 Å². The van der Waals surface area contributed by atoms with Crippen LogP contribution < -0.4 is 15.5 Å². The van der Waals surface area contributed by atoms with Crippen LogP contribution in [-0.2, 0) is 29.0 Å². The SMILES string of the molecule is Nc1cccc(N2CC(C(=O)N3CCc4nc(CCn5ccnc5)ccc43)CC2=O)c1. The van der Waals surface area contributed by atoms with E-state index in [1.54, 1.807) is 34.5 Å². The van der Waals surface area contributed by atoms with E-state index in [4.69, 9.17) is 10.7 Å². The first-order valence-electron chi connectivity index (χ1n) is 10.5. The third kappa shape index (κ3) is 3.76. The average Bonchev–Trinajstić information content (AvgIpc) is 3.51. The smallest absolute Gasteiger partial charge is 0.232 e.